The molecule has 22 heavy (non-hydrogen) atoms. The van der Waals surface area contributed by atoms with Gasteiger partial charge in [0.15, 0.2) is 0 Å². The van der Waals surface area contributed by atoms with Gasteiger partial charge in [0.2, 0.25) is 0 Å². The molecule has 0 saturated carbocycles. The van der Waals surface area contributed by atoms with Crippen LogP contribution in [-0.4, -0.2) is 0 Å². The monoisotopic (exact) mass is 408 g/mol. The van der Waals surface area contributed by atoms with E-state index in [9.17, 15) is 0 Å². The van der Waals surface area contributed by atoms with Crippen molar-refractivity contribution in [3.8, 4) is 0 Å². The molecule has 3 rings (SSSR count). The lowest BCUT2D eigenvalue weighted by molar-refractivity contribution is 1.70. The van der Waals surface area contributed by atoms with Crippen molar-refractivity contribution in [3.63, 3.8) is 0 Å². The van der Waals surface area contributed by atoms with Crippen LogP contribution in [0.1, 0.15) is 0 Å². The van der Waals surface area contributed by atoms with E-state index < -0.39 is 7.92 Å². The molecule has 0 amide bonds. The Morgan fingerprint density at radius 3 is 1.55 bits per heavy atom. The van der Waals surface area contributed by atoms with E-state index in [2.05, 4.69) is 58.4 Å². The number of hydrogen-bond acceptors (Lipinski definition) is 0. The lowest BCUT2D eigenvalue weighted by Crippen LogP contribution is -2.21. The summed E-state index contributed by atoms with van der Waals surface area (Å²) in [6.07, 6.45) is 0. The van der Waals surface area contributed by atoms with Gasteiger partial charge in [-0.05, 0) is 54.2 Å². The van der Waals surface area contributed by atoms with Crippen molar-refractivity contribution in [1.29, 1.82) is 0 Å². The summed E-state index contributed by atoms with van der Waals surface area (Å²) in [6.45, 7) is 0. The van der Waals surface area contributed by atoms with Crippen LogP contribution < -0.4 is 15.9 Å². The van der Waals surface area contributed by atoms with Gasteiger partial charge in [-0.25, -0.2) is 0 Å². The first-order chi connectivity index (χ1) is 10.6. The molecule has 0 aliphatic rings. The highest BCUT2D eigenvalue weighted by molar-refractivity contribution is 9.10. The number of halogens is 3. The van der Waals surface area contributed by atoms with Crippen LogP contribution in [-0.2, 0) is 0 Å². The van der Waals surface area contributed by atoms with Crippen LogP contribution in [0.4, 0.5) is 0 Å². The predicted octanol–water partition coefficient (Wildman–Crippen LogP) is 5.51. The highest BCUT2D eigenvalue weighted by Gasteiger charge is 2.18. The fraction of sp³-hybridized carbons (Fsp3) is 0. The zero-order valence-corrected chi connectivity index (χ0v) is 15.5. The maximum absolute atomic E-state index is 6.04. The molecule has 3 aromatic rings. The van der Waals surface area contributed by atoms with Gasteiger partial charge in [-0.3, -0.25) is 0 Å². The number of benzene rings is 3. The van der Waals surface area contributed by atoms with E-state index >= 15 is 0 Å². The third-order valence-electron chi connectivity index (χ3n) is 3.26. The third kappa shape index (κ3) is 3.55. The summed E-state index contributed by atoms with van der Waals surface area (Å²) in [7, 11) is -0.656. The fourth-order valence-electron chi connectivity index (χ4n) is 2.24. The fourth-order valence-corrected chi connectivity index (χ4v) is 5.58. The molecule has 0 spiro atoms. The molecule has 0 aromatic heterocycles. The first-order valence-electron chi connectivity index (χ1n) is 6.71. The van der Waals surface area contributed by atoms with E-state index in [0.29, 0.717) is 0 Å². The summed E-state index contributed by atoms with van der Waals surface area (Å²) >= 11 is 15.8. The quantitative estimate of drug-likeness (QED) is 0.500. The molecule has 0 atom stereocenters. The number of rotatable bonds is 3. The Hall–Kier alpha value is -0.850. The van der Waals surface area contributed by atoms with Crippen LogP contribution in [0.2, 0.25) is 10.0 Å². The Bertz CT molecular complexity index is 724. The van der Waals surface area contributed by atoms with Gasteiger partial charge in [0.25, 0.3) is 0 Å². The van der Waals surface area contributed by atoms with Gasteiger partial charge in [-0.1, -0.05) is 81.6 Å². The minimum atomic E-state index is -0.656. The summed E-state index contributed by atoms with van der Waals surface area (Å²) in [5.74, 6) is 0. The van der Waals surface area contributed by atoms with Gasteiger partial charge in [0.05, 0.1) is 0 Å². The minimum absolute atomic E-state index is 0.656. The largest absolute Gasteiger partial charge is 0.0843 e. The Morgan fingerprint density at radius 2 is 1.09 bits per heavy atom. The molecule has 4 heteroatoms. The lowest BCUT2D eigenvalue weighted by atomic mass is 10.3. The first kappa shape index (κ1) is 16.0. The molecule has 0 heterocycles. The molecule has 3 aromatic carbocycles. The Kier molecular flexibility index (Phi) is 5.21. The molecule has 0 bridgehead atoms. The molecule has 0 unspecified atom stereocenters. The average molecular weight is 410 g/mol. The zero-order chi connectivity index (χ0) is 15.5. The van der Waals surface area contributed by atoms with Gasteiger partial charge in [0, 0.05) is 14.5 Å². The van der Waals surface area contributed by atoms with Crippen LogP contribution in [0.5, 0.6) is 0 Å². The van der Waals surface area contributed by atoms with Crippen LogP contribution >= 0.6 is 47.1 Å². The van der Waals surface area contributed by atoms with Crippen molar-refractivity contribution >= 4 is 63.0 Å². The van der Waals surface area contributed by atoms with Crippen LogP contribution in [0, 0.1) is 0 Å². The van der Waals surface area contributed by atoms with E-state index in [0.717, 1.165) is 14.5 Å². The van der Waals surface area contributed by atoms with E-state index in [1.807, 2.05) is 30.3 Å². The van der Waals surface area contributed by atoms with Crippen LogP contribution in [0.15, 0.2) is 77.3 Å². The van der Waals surface area contributed by atoms with E-state index in [-0.39, 0.29) is 0 Å². The highest BCUT2D eigenvalue weighted by atomic mass is 79.9. The van der Waals surface area contributed by atoms with Crippen molar-refractivity contribution in [1.82, 2.24) is 0 Å². The maximum Gasteiger partial charge on any atom is 0.0406 e. The second-order valence-corrected chi connectivity index (χ2v) is 8.65. The summed E-state index contributed by atoms with van der Waals surface area (Å²) in [4.78, 5) is 0. The molecule has 0 saturated heterocycles. The highest BCUT2D eigenvalue weighted by Crippen LogP contribution is 2.36. The SMILES string of the molecule is Clc1ccc(P(c2ccc(Cl)cc2)c2ccccc2Br)cc1. The molecule has 110 valence electrons. The summed E-state index contributed by atoms with van der Waals surface area (Å²) in [5, 5.41) is 5.30. The van der Waals surface area contributed by atoms with Crippen LogP contribution in [0.3, 0.4) is 0 Å². The molecular weight excluding hydrogens is 398 g/mol. The van der Waals surface area contributed by atoms with Crippen LogP contribution in [0.25, 0.3) is 0 Å². The molecule has 0 fully saturated rings. The Morgan fingerprint density at radius 1 is 0.636 bits per heavy atom. The van der Waals surface area contributed by atoms with E-state index in [1.54, 1.807) is 0 Å². The van der Waals surface area contributed by atoms with Crippen molar-refractivity contribution in [2.75, 3.05) is 0 Å². The van der Waals surface area contributed by atoms with Crippen molar-refractivity contribution in [2.24, 2.45) is 0 Å². The van der Waals surface area contributed by atoms with E-state index in [4.69, 9.17) is 23.2 Å². The average Bonchev–Trinajstić information content (AvgIpc) is 2.53. The molecule has 0 nitrogen and oxygen atoms in total. The van der Waals surface area contributed by atoms with Crippen molar-refractivity contribution < 1.29 is 0 Å². The second-order valence-electron chi connectivity index (χ2n) is 4.74. The first-order valence-corrected chi connectivity index (χ1v) is 9.60. The topological polar surface area (TPSA) is 0 Å². The Labute approximate surface area is 150 Å². The zero-order valence-electron chi connectivity index (χ0n) is 11.5. The summed E-state index contributed by atoms with van der Waals surface area (Å²) < 4.78 is 1.12. The van der Waals surface area contributed by atoms with Crippen molar-refractivity contribution in [3.05, 3.63) is 87.3 Å². The van der Waals surface area contributed by atoms with Gasteiger partial charge >= 0.3 is 0 Å². The summed E-state index contributed by atoms with van der Waals surface area (Å²) in [5.41, 5.74) is 0. The predicted molar refractivity (Wildman–Crippen MR) is 103 cm³/mol. The molecule has 0 aliphatic heterocycles. The standard InChI is InChI=1S/C18H12BrCl2P/c19-17-3-1-2-4-18(17)22(15-9-5-13(20)6-10-15)16-11-7-14(21)8-12-16/h1-12H. The second kappa shape index (κ2) is 7.15. The lowest BCUT2D eigenvalue weighted by Gasteiger charge is -2.20. The van der Waals surface area contributed by atoms with Gasteiger partial charge < -0.3 is 0 Å². The maximum atomic E-state index is 6.04. The van der Waals surface area contributed by atoms with Gasteiger partial charge in [0.1, 0.15) is 0 Å². The molecular formula is C18H12BrCl2P. The molecule has 0 N–H and O–H groups in total. The smallest absolute Gasteiger partial charge is 0.0406 e. The van der Waals surface area contributed by atoms with E-state index in [1.165, 1.54) is 15.9 Å². The number of hydrogen-bond donors (Lipinski definition) is 0. The van der Waals surface area contributed by atoms with Gasteiger partial charge in [-0.2, -0.15) is 0 Å². The van der Waals surface area contributed by atoms with Gasteiger partial charge in [-0.15, -0.1) is 0 Å². The van der Waals surface area contributed by atoms with Crippen molar-refractivity contribution in [2.45, 2.75) is 0 Å². The molecule has 0 radical (unpaired) electrons. The Balaban J connectivity index is 2.16. The molecule has 0 aliphatic carbocycles. The minimum Gasteiger partial charge on any atom is -0.0843 e. The third-order valence-corrected chi connectivity index (χ3v) is 7.27. The summed E-state index contributed by atoms with van der Waals surface area (Å²) in [6, 6.07) is 24.5. The normalized spacial score (nSPS) is 10.9.